The topological polar surface area (TPSA) is 83.5 Å². The fourth-order valence-corrected chi connectivity index (χ4v) is 2.57. The van der Waals surface area contributed by atoms with Crippen molar-refractivity contribution in [3.63, 3.8) is 0 Å². The second-order valence-electron chi connectivity index (χ2n) is 4.81. The third-order valence-corrected chi connectivity index (χ3v) is 3.71. The number of hydrogen-bond donors (Lipinski definition) is 0. The first kappa shape index (κ1) is 16.2. The van der Waals surface area contributed by atoms with E-state index in [-0.39, 0.29) is 0 Å². The number of ether oxygens (including phenoxy) is 1. The molecule has 0 radical (unpaired) electrons. The molecule has 0 amide bonds. The van der Waals surface area contributed by atoms with Crippen LogP contribution in [0.3, 0.4) is 0 Å². The molecule has 0 saturated heterocycles. The number of rotatable bonds is 7. The maximum absolute atomic E-state index is 10.7. The SMILES string of the molecule is O=Cc1cccc(OCCc2ccc(CS(=O)(=O)[O-])cc2)c1. The monoisotopic (exact) mass is 319 g/mol. The average molecular weight is 319 g/mol. The van der Waals surface area contributed by atoms with Gasteiger partial charge < -0.3 is 9.29 Å². The van der Waals surface area contributed by atoms with E-state index in [1.165, 1.54) is 0 Å². The Morgan fingerprint density at radius 1 is 1.05 bits per heavy atom. The maximum Gasteiger partial charge on any atom is 0.150 e. The quantitative estimate of drug-likeness (QED) is 0.577. The van der Waals surface area contributed by atoms with E-state index < -0.39 is 15.9 Å². The van der Waals surface area contributed by atoms with Crippen molar-refractivity contribution in [1.29, 1.82) is 0 Å². The Kier molecular flexibility index (Phi) is 5.30. The van der Waals surface area contributed by atoms with E-state index in [0.717, 1.165) is 11.8 Å². The third-order valence-electron chi connectivity index (χ3n) is 3.02. The van der Waals surface area contributed by atoms with Crippen molar-refractivity contribution >= 4 is 16.4 Å². The lowest BCUT2D eigenvalue weighted by Gasteiger charge is -2.09. The maximum atomic E-state index is 10.7. The molecule has 2 rings (SSSR count). The van der Waals surface area contributed by atoms with E-state index in [0.29, 0.717) is 29.9 Å². The Labute approximate surface area is 129 Å². The predicted octanol–water partition coefficient (Wildman–Crippen LogP) is 2.17. The Bertz CT molecular complexity index is 735. The molecule has 116 valence electrons. The van der Waals surface area contributed by atoms with Gasteiger partial charge in [0.1, 0.15) is 12.0 Å². The molecule has 0 heterocycles. The first-order valence-corrected chi connectivity index (χ1v) is 8.23. The van der Waals surface area contributed by atoms with Crippen LogP contribution in [0, 0.1) is 0 Å². The number of hydrogen-bond acceptors (Lipinski definition) is 5. The Balaban J connectivity index is 1.87. The highest BCUT2D eigenvalue weighted by molar-refractivity contribution is 7.84. The number of aldehydes is 1. The van der Waals surface area contributed by atoms with Gasteiger partial charge in [-0.05, 0) is 23.3 Å². The van der Waals surface area contributed by atoms with E-state index in [4.69, 9.17) is 4.74 Å². The van der Waals surface area contributed by atoms with Crippen molar-refractivity contribution in [2.45, 2.75) is 12.2 Å². The standard InChI is InChI=1S/C16H16O5S/c17-11-15-2-1-3-16(10-15)21-9-8-13-4-6-14(7-5-13)12-22(18,19)20/h1-7,10-11H,8-9,12H2,(H,18,19,20)/p-1. The zero-order valence-electron chi connectivity index (χ0n) is 11.8. The Morgan fingerprint density at radius 3 is 2.36 bits per heavy atom. The Hall–Kier alpha value is -2.18. The molecule has 2 aromatic carbocycles. The fourth-order valence-electron chi connectivity index (χ4n) is 1.97. The molecule has 0 fully saturated rings. The minimum Gasteiger partial charge on any atom is -0.748 e. The molecule has 0 spiro atoms. The zero-order chi connectivity index (χ0) is 16.0. The summed E-state index contributed by atoms with van der Waals surface area (Å²) in [4.78, 5) is 10.7. The molecule has 0 unspecified atom stereocenters. The van der Waals surface area contributed by atoms with Gasteiger partial charge in [-0.2, -0.15) is 0 Å². The van der Waals surface area contributed by atoms with Crippen molar-refractivity contribution in [2.24, 2.45) is 0 Å². The van der Waals surface area contributed by atoms with Crippen LogP contribution in [-0.4, -0.2) is 25.9 Å². The molecule has 0 aliphatic rings. The van der Waals surface area contributed by atoms with Crippen LogP contribution in [0.2, 0.25) is 0 Å². The first-order valence-electron chi connectivity index (χ1n) is 6.66. The van der Waals surface area contributed by atoms with Gasteiger partial charge in [0.15, 0.2) is 0 Å². The summed E-state index contributed by atoms with van der Waals surface area (Å²) in [5.41, 5.74) is 2.00. The molecule has 2 aromatic rings. The molecule has 22 heavy (non-hydrogen) atoms. The lowest BCUT2D eigenvalue weighted by molar-refractivity contribution is 0.112. The summed E-state index contributed by atoms with van der Waals surface area (Å²) in [6, 6.07) is 13.7. The summed E-state index contributed by atoms with van der Waals surface area (Å²) in [6.07, 6.45) is 1.39. The van der Waals surface area contributed by atoms with Gasteiger partial charge in [0.05, 0.1) is 22.5 Å². The molecule has 0 saturated carbocycles. The third kappa shape index (κ3) is 5.31. The number of carbonyl (C=O) groups is 1. The van der Waals surface area contributed by atoms with Crippen molar-refractivity contribution in [3.05, 3.63) is 65.2 Å². The van der Waals surface area contributed by atoms with Crippen molar-refractivity contribution in [3.8, 4) is 5.75 Å². The molecular formula is C16H15O5S-. The van der Waals surface area contributed by atoms with Crippen LogP contribution in [0.5, 0.6) is 5.75 Å². The lowest BCUT2D eigenvalue weighted by Crippen LogP contribution is -2.03. The fraction of sp³-hybridized carbons (Fsp3) is 0.188. The largest absolute Gasteiger partial charge is 0.748 e. The summed E-state index contributed by atoms with van der Waals surface area (Å²) >= 11 is 0. The van der Waals surface area contributed by atoms with E-state index in [1.54, 1.807) is 48.5 Å². The van der Waals surface area contributed by atoms with Gasteiger partial charge in [-0.25, -0.2) is 8.42 Å². The van der Waals surface area contributed by atoms with E-state index in [1.807, 2.05) is 0 Å². The van der Waals surface area contributed by atoms with E-state index in [9.17, 15) is 17.8 Å². The summed E-state index contributed by atoms with van der Waals surface area (Å²) in [5.74, 6) is 0.126. The smallest absolute Gasteiger partial charge is 0.150 e. The molecule has 0 bridgehead atoms. The van der Waals surface area contributed by atoms with Crippen LogP contribution in [0.15, 0.2) is 48.5 Å². The lowest BCUT2D eigenvalue weighted by atomic mass is 10.1. The van der Waals surface area contributed by atoms with Gasteiger partial charge in [0.25, 0.3) is 0 Å². The highest BCUT2D eigenvalue weighted by Crippen LogP contribution is 2.13. The molecular weight excluding hydrogens is 304 g/mol. The summed E-state index contributed by atoms with van der Waals surface area (Å²) in [7, 11) is -4.25. The van der Waals surface area contributed by atoms with Crippen LogP contribution in [0.25, 0.3) is 0 Å². The van der Waals surface area contributed by atoms with Gasteiger partial charge in [0, 0.05) is 12.0 Å². The van der Waals surface area contributed by atoms with Gasteiger partial charge in [-0.3, -0.25) is 4.79 Å². The highest BCUT2D eigenvalue weighted by atomic mass is 32.2. The van der Waals surface area contributed by atoms with Crippen LogP contribution in [0.1, 0.15) is 21.5 Å². The number of benzene rings is 2. The molecule has 0 aliphatic carbocycles. The molecule has 0 N–H and O–H groups in total. The number of carbonyl (C=O) groups excluding carboxylic acids is 1. The molecule has 6 heteroatoms. The summed E-state index contributed by atoms with van der Waals surface area (Å²) in [6.45, 7) is 0.432. The van der Waals surface area contributed by atoms with Crippen LogP contribution < -0.4 is 4.74 Å². The van der Waals surface area contributed by atoms with Crippen LogP contribution in [0.4, 0.5) is 0 Å². The summed E-state index contributed by atoms with van der Waals surface area (Å²) < 4.78 is 37.6. The van der Waals surface area contributed by atoms with Crippen LogP contribution >= 0.6 is 0 Å². The van der Waals surface area contributed by atoms with E-state index >= 15 is 0 Å². The second-order valence-corrected chi connectivity index (χ2v) is 6.21. The van der Waals surface area contributed by atoms with E-state index in [2.05, 4.69) is 0 Å². The predicted molar refractivity (Wildman–Crippen MR) is 80.9 cm³/mol. The molecule has 5 nitrogen and oxygen atoms in total. The van der Waals surface area contributed by atoms with Gasteiger partial charge in [0.2, 0.25) is 0 Å². The molecule has 0 aromatic heterocycles. The second kappa shape index (κ2) is 7.20. The average Bonchev–Trinajstić information content (AvgIpc) is 2.48. The molecule has 0 aliphatic heterocycles. The summed E-state index contributed by atoms with van der Waals surface area (Å²) in [5, 5.41) is 0. The minimum atomic E-state index is -4.25. The molecule has 0 atom stereocenters. The Morgan fingerprint density at radius 2 is 1.73 bits per heavy atom. The van der Waals surface area contributed by atoms with Crippen molar-refractivity contribution in [2.75, 3.05) is 6.61 Å². The van der Waals surface area contributed by atoms with Gasteiger partial charge in [-0.1, -0.05) is 36.4 Å². The van der Waals surface area contributed by atoms with Crippen LogP contribution in [-0.2, 0) is 22.3 Å². The zero-order valence-corrected chi connectivity index (χ0v) is 12.6. The van der Waals surface area contributed by atoms with Crippen molar-refractivity contribution in [1.82, 2.24) is 0 Å². The van der Waals surface area contributed by atoms with Crippen molar-refractivity contribution < 1.29 is 22.5 Å². The normalized spacial score (nSPS) is 11.1. The van der Waals surface area contributed by atoms with Gasteiger partial charge >= 0.3 is 0 Å². The first-order chi connectivity index (χ1) is 10.5. The minimum absolute atomic E-state index is 0.432. The van der Waals surface area contributed by atoms with Gasteiger partial charge in [-0.15, -0.1) is 0 Å². The highest BCUT2D eigenvalue weighted by Gasteiger charge is 2.01.